The van der Waals surface area contributed by atoms with Crippen molar-refractivity contribution in [3.05, 3.63) is 29.6 Å². The minimum Gasteiger partial charge on any atom is -0.446 e. The second-order valence-corrected chi connectivity index (χ2v) is 5.15. The van der Waals surface area contributed by atoms with Crippen molar-refractivity contribution in [2.45, 2.75) is 32.9 Å². The van der Waals surface area contributed by atoms with Crippen LogP contribution in [0.2, 0.25) is 0 Å². The molecule has 1 heterocycles. The fourth-order valence-electron chi connectivity index (χ4n) is 1.31. The Morgan fingerprint density at radius 3 is 2.70 bits per heavy atom. The molecule has 6 nitrogen and oxygen atoms in total. The second kappa shape index (κ2) is 7.09. The highest BCUT2D eigenvalue weighted by atomic mass is 35.5. The Morgan fingerprint density at radius 2 is 2.10 bits per heavy atom. The van der Waals surface area contributed by atoms with E-state index in [-0.39, 0.29) is 12.6 Å². The van der Waals surface area contributed by atoms with Gasteiger partial charge in [-0.25, -0.2) is 9.59 Å². The number of pyridine rings is 1. The van der Waals surface area contributed by atoms with Crippen LogP contribution >= 0.6 is 11.6 Å². The molecular weight excluding hydrogens is 284 g/mol. The molecule has 0 bridgehead atoms. The van der Waals surface area contributed by atoms with Crippen LogP contribution in [0, 0.1) is 0 Å². The fourth-order valence-corrected chi connectivity index (χ4v) is 1.41. The molecule has 1 aromatic rings. The normalized spacial score (nSPS) is 10.8. The number of alkyl carbamates (subject to hydrolysis) is 1. The van der Waals surface area contributed by atoms with Crippen molar-refractivity contribution in [2.24, 2.45) is 0 Å². The molecule has 1 aromatic heterocycles. The van der Waals surface area contributed by atoms with Crippen molar-refractivity contribution in [3.8, 4) is 0 Å². The third-order valence-electron chi connectivity index (χ3n) is 2.05. The van der Waals surface area contributed by atoms with Crippen LogP contribution in [0.4, 0.5) is 4.79 Å². The molecule has 0 aromatic carbocycles. The second-order valence-electron chi connectivity index (χ2n) is 4.93. The zero-order valence-corrected chi connectivity index (χ0v) is 12.4. The summed E-state index contributed by atoms with van der Waals surface area (Å²) >= 11 is 5.32. The number of amides is 1. The van der Waals surface area contributed by atoms with Crippen molar-refractivity contribution in [1.82, 2.24) is 10.3 Å². The Kier molecular flexibility index (Phi) is 5.76. The molecule has 110 valence electrons. The van der Waals surface area contributed by atoms with Crippen molar-refractivity contribution in [1.29, 1.82) is 0 Å². The summed E-state index contributed by atoms with van der Waals surface area (Å²) in [4.78, 5) is 27.0. The lowest BCUT2D eigenvalue weighted by Gasteiger charge is -2.19. The Labute approximate surface area is 122 Å². The number of hydrogen-bond acceptors (Lipinski definition) is 5. The highest BCUT2D eigenvalue weighted by Crippen LogP contribution is 2.08. The predicted molar refractivity (Wildman–Crippen MR) is 73.4 cm³/mol. The van der Waals surface area contributed by atoms with Crippen LogP contribution in [0.1, 0.15) is 36.8 Å². The molecule has 0 saturated heterocycles. The number of rotatable bonds is 4. The number of carbonyl (C=O) groups excluding carboxylic acids is 2. The van der Waals surface area contributed by atoms with E-state index in [0.29, 0.717) is 11.3 Å². The van der Waals surface area contributed by atoms with E-state index in [0.717, 1.165) is 0 Å². The number of nitrogens with one attached hydrogen (secondary N) is 1. The molecule has 0 unspecified atom stereocenters. The summed E-state index contributed by atoms with van der Waals surface area (Å²) in [6, 6.07) is 2.81. The zero-order valence-electron chi connectivity index (χ0n) is 11.6. The molecule has 0 spiro atoms. The van der Waals surface area contributed by atoms with Crippen LogP contribution < -0.4 is 5.32 Å². The van der Waals surface area contributed by atoms with Crippen molar-refractivity contribution >= 4 is 23.7 Å². The largest absolute Gasteiger partial charge is 0.446 e. The summed E-state index contributed by atoms with van der Waals surface area (Å²) in [6.45, 7) is 5.46. The average Bonchev–Trinajstić information content (AvgIpc) is 2.35. The minimum atomic E-state index is -0.566. The Hall–Kier alpha value is -1.82. The summed E-state index contributed by atoms with van der Waals surface area (Å²) in [5.74, 6) is -0.541. The van der Waals surface area contributed by atoms with E-state index >= 15 is 0 Å². The number of esters is 1. The number of hydrogen-bond donors (Lipinski definition) is 1. The maximum absolute atomic E-state index is 11.5. The molecule has 0 aliphatic rings. The van der Waals surface area contributed by atoms with Gasteiger partial charge in [0.2, 0.25) is 0 Å². The van der Waals surface area contributed by atoms with Gasteiger partial charge in [-0.15, -0.1) is 0 Å². The molecule has 0 fully saturated rings. The van der Waals surface area contributed by atoms with Crippen LogP contribution in [0.15, 0.2) is 18.3 Å². The van der Waals surface area contributed by atoms with Gasteiger partial charge in [0.1, 0.15) is 5.60 Å². The Balaban J connectivity index is 2.59. The summed E-state index contributed by atoms with van der Waals surface area (Å²) in [5.41, 5.74) is 0.269. The van der Waals surface area contributed by atoms with Gasteiger partial charge in [0.15, 0.2) is 6.07 Å². The Morgan fingerprint density at radius 1 is 1.40 bits per heavy atom. The average molecular weight is 301 g/mol. The van der Waals surface area contributed by atoms with Crippen LogP contribution in [-0.4, -0.2) is 28.7 Å². The molecule has 0 aliphatic heterocycles. The Bertz CT molecular complexity index is 486. The molecular formula is C13H17ClN2O4. The standard InChI is InChI=1S/C13H17ClN2O4/c1-13(2,3)20-12(18)16-7-10-6-9(4-5-15-10)11(17)19-8-14/h4-6H,7-8H2,1-3H3,(H,16,18). The molecule has 7 heteroatoms. The molecule has 0 aliphatic carbocycles. The third-order valence-corrected chi connectivity index (χ3v) is 2.16. The van der Waals surface area contributed by atoms with Crippen LogP contribution in [0.5, 0.6) is 0 Å². The lowest BCUT2D eigenvalue weighted by atomic mass is 10.2. The first-order chi connectivity index (χ1) is 9.31. The SMILES string of the molecule is CC(C)(C)OC(=O)NCc1cc(C(=O)OCCl)ccn1. The van der Waals surface area contributed by atoms with E-state index in [9.17, 15) is 9.59 Å². The number of ether oxygens (including phenoxy) is 2. The molecule has 20 heavy (non-hydrogen) atoms. The van der Waals surface area contributed by atoms with E-state index in [1.54, 1.807) is 20.8 Å². The fraction of sp³-hybridized carbons (Fsp3) is 0.462. The zero-order chi connectivity index (χ0) is 15.2. The molecule has 1 N–H and O–H groups in total. The predicted octanol–water partition coefficient (Wildman–Crippen LogP) is 2.46. The number of halogens is 1. The van der Waals surface area contributed by atoms with Gasteiger partial charge >= 0.3 is 12.1 Å². The summed E-state index contributed by atoms with van der Waals surface area (Å²) in [6.07, 6.45) is 0.907. The van der Waals surface area contributed by atoms with Crippen LogP contribution in [0.25, 0.3) is 0 Å². The van der Waals surface area contributed by atoms with E-state index < -0.39 is 17.7 Å². The monoisotopic (exact) mass is 300 g/mol. The minimum absolute atomic E-state index is 0.150. The van der Waals surface area contributed by atoms with Crippen molar-refractivity contribution in [3.63, 3.8) is 0 Å². The van der Waals surface area contributed by atoms with Gasteiger partial charge < -0.3 is 14.8 Å². The van der Waals surface area contributed by atoms with Gasteiger partial charge in [-0.1, -0.05) is 11.6 Å². The van der Waals surface area contributed by atoms with E-state index in [1.165, 1.54) is 18.3 Å². The smallest absolute Gasteiger partial charge is 0.407 e. The summed E-state index contributed by atoms with van der Waals surface area (Å²) < 4.78 is 9.75. The van der Waals surface area contributed by atoms with E-state index in [1.807, 2.05) is 0 Å². The maximum atomic E-state index is 11.5. The van der Waals surface area contributed by atoms with Gasteiger partial charge in [-0.05, 0) is 32.9 Å². The topological polar surface area (TPSA) is 77.5 Å². The lowest BCUT2D eigenvalue weighted by molar-refractivity contribution is 0.0522. The number of aromatic nitrogens is 1. The quantitative estimate of drug-likeness (QED) is 0.682. The van der Waals surface area contributed by atoms with Gasteiger partial charge in [-0.3, -0.25) is 4.98 Å². The van der Waals surface area contributed by atoms with Gasteiger partial charge in [0.25, 0.3) is 0 Å². The highest BCUT2D eigenvalue weighted by molar-refractivity contribution is 6.17. The molecule has 1 rings (SSSR count). The molecule has 1 amide bonds. The van der Waals surface area contributed by atoms with E-state index in [4.69, 9.17) is 16.3 Å². The number of nitrogens with zero attached hydrogens (tertiary/aromatic N) is 1. The van der Waals surface area contributed by atoms with Crippen molar-refractivity contribution < 1.29 is 19.1 Å². The van der Waals surface area contributed by atoms with Crippen LogP contribution in [-0.2, 0) is 16.0 Å². The maximum Gasteiger partial charge on any atom is 0.407 e. The lowest BCUT2D eigenvalue weighted by Crippen LogP contribution is -2.32. The summed E-state index contributed by atoms with van der Waals surface area (Å²) in [5, 5.41) is 2.55. The van der Waals surface area contributed by atoms with Gasteiger partial charge in [0, 0.05) is 6.20 Å². The third kappa shape index (κ3) is 5.88. The first-order valence-corrected chi connectivity index (χ1v) is 6.50. The molecule has 0 saturated carbocycles. The summed E-state index contributed by atoms with van der Waals surface area (Å²) in [7, 11) is 0. The van der Waals surface area contributed by atoms with Gasteiger partial charge in [-0.2, -0.15) is 0 Å². The first-order valence-electron chi connectivity index (χ1n) is 5.96. The number of alkyl halides is 1. The van der Waals surface area contributed by atoms with Gasteiger partial charge in [0.05, 0.1) is 17.8 Å². The van der Waals surface area contributed by atoms with Crippen LogP contribution in [0.3, 0.4) is 0 Å². The molecule has 0 radical (unpaired) electrons. The first kappa shape index (κ1) is 16.2. The highest BCUT2D eigenvalue weighted by Gasteiger charge is 2.16. The van der Waals surface area contributed by atoms with Crippen molar-refractivity contribution in [2.75, 3.05) is 6.07 Å². The molecule has 0 atom stereocenters. The van der Waals surface area contributed by atoms with E-state index in [2.05, 4.69) is 15.0 Å². The number of carbonyl (C=O) groups is 2.